The summed E-state index contributed by atoms with van der Waals surface area (Å²) < 4.78 is 0. The third-order valence-corrected chi connectivity index (χ3v) is 6.30. The molecule has 1 N–H and O–H groups in total. The zero-order valence-corrected chi connectivity index (χ0v) is 19.0. The minimum absolute atomic E-state index is 0.0336. The lowest BCUT2D eigenvalue weighted by molar-refractivity contribution is -0.133. The predicted octanol–water partition coefficient (Wildman–Crippen LogP) is 4.13. The van der Waals surface area contributed by atoms with Gasteiger partial charge in [0.15, 0.2) is 0 Å². The van der Waals surface area contributed by atoms with Crippen molar-refractivity contribution in [1.82, 2.24) is 20.2 Å². The Kier molecular flexibility index (Phi) is 7.13. The summed E-state index contributed by atoms with van der Waals surface area (Å²) in [6.45, 7) is 3.74. The van der Waals surface area contributed by atoms with Gasteiger partial charge in [-0.05, 0) is 66.6 Å². The van der Waals surface area contributed by atoms with E-state index in [1.807, 2.05) is 24.0 Å². The molecule has 1 aliphatic heterocycles. The molecule has 1 atom stereocenters. The topological polar surface area (TPSA) is 75.2 Å². The average molecular weight is 443 g/mol. The standard InChI is InChI=1S/C27H30N4O2/c1-2-13-30-26(33)27(12-4-17-31(20-27)25(32)24-5-3-14-29-19-24)18-21-6-8-22(9-7-21)23-10-15-28-16-11-23/h3,5-11,14-16,19H,2,4,12-13,17-18,20H2,1H3,(H,30,33)/t27-/m1/s1. The first-order valence-corrected chi connectivity index (χ1v) is 11.6. The second-order valence-electron chi connectivity index (χ2n) is 8.72. The molecule has 0 aliphatic carbocycles. The van der Waals surface area contributed by atoms with E-state index < -0.39 is 5.41 Å². The Labute approximate surface area is 195 Å². The van der Waals surface area contributed by atoms with Crippen molar-refractivity contribution in [3.8, 4) is 11.1 Å². The molecule has 0 spiro atoms. The Morgan fingerprint density at radius 1 is 1.00 bits per heavy atom. The molecule has 6 heteroatoms. The van der Waals surface area contributed by atoms with Crippen LogP contribution in [0.2, 0.25) is 0 Å². The van der Waals surface area contributed by atoms with Gasteiger partial charge in [-0.15, -0.1) is 0 Å². The summed E-state index contributed by atoms with van der Waals surface area (Å²) in [6.07, 6.45) is 9.83. The van der Waals surface area contributed by atoms with Crippen LogP contribution in [-0.2, 0) is 11.2 Å². The number of amides is 2. The van der Waals surface area contributed by atoms with Gasteiger partial charge in [-0.2, -0.15) is 0 Å². The highest BCUT2D eigenvalue weighted by Crippen LogP contribution is 2.35. The van der Waals surface area contributed by atoms with Crippen LogP contribution in [-0.4, -0.2) is 46.3 Å². The number of nitrogens with zero attached hydrogens (tertiary/aromatic N) is 3. The van der Waals surface area contributed by atoms with Crippen molar-refractivity contribution < 1.29 is 9.59 Å². The number of hydrogen-bond donors (Lipinski definition) is 1. The van der Waals surface area contributed by atoms with Crippen LogP contribution in [0.25, 0.3) is 11.1 Å². The highest BCUT2D eigenvalue weighted by atomic mass is 16.2. The highest BCUT2D eigenvalue weighted by molar-refractivity contribution is 5.94. The summed E-state index contributed by atoms with van der Waals surface area (Å²) in [5.41, 5.74) is 3.23. The molecular weight excluding hydrogens is 412 g/mol. The molecule has 1 fully saturated rings. The lowest BCUT2D eigenvalue weighted by Crippen LogP contribution is -2.54. The SMILES string of the molecule is CCCNC(=O)[C@@]1(Cc2ccc(-c3ccncc3)cc2)CCCN(C(=O)c2cccnc2)C1. The van der Waals surface area contributed by atoms with Crippen molar-refractivity contribution in [3.63, 3.8) is 0 Å². The first-order valence-electron chi connectivity index (χ1n) is 11.6. The monoisotopic (exact) mass is 442 g/mol. The van der Waals surface area contributed by atoms with Crippen LogP contribution in [0.5, 0.6) is 0 Å². The number of rotatable bonds is 7. The second-order valence-corrected chi connectivity index (χ2v) is 8.72. The average Bonchev–Trinajstić information content (AvgIpc) is 2.88. The van der Waals surface area contributed by atoms with Crippen molar-refractivity contribution in [3.05, 3.63) is 84.4 Å². The van der Waals surface area contributed by atoms with Crippen molar-refractivity contribution in [2.75, 3.05) is 19.6 Å². The van der Waals surface area contributed by atoms with E-state index in [-0.39, 0.29) is 11.8 Å². The molecule has 1 saturated heterocycles. The Balaban J connectivity index is 1.58. The van der Waals surface area contributed by atoms with Crippen LogP contribution in [0.4, 0.5) is 0 Å². The maximum Gasteiger partial charge on any atom is 0.255 e. The fraction of sp³-hybridized carbons (Fsp3) is 0.333. The summed E-state index contributed by atoms with van der Waals surface area (Å²) in [6, 6.07) is 15.9. The largest absolute Gasteiger partial charge is 0.356 e. The van der Waals surface area contributed by atoms with Gasteiger partial charge in [0, 0.05) is 44.4 Å². The Bertz CT molecular complexity index is 1070. The first kappa shape index (κ1) is 22.6. The van der Waals surface area contributed by atoms with Crippen LogP contribution >= 0.6 is 0 Å². The zero-order chi connectivity index (χ0) is 23.1. The molecule has 170 valence electrons. The molecule has 2 amide bonds. The van der Waals surface area contributed by atoms with Crippen LogP contribution < -0.4 is 5.32 Å². The van der Waals surface area contributed by atoms with E-state index in [1.54, 1.807) is 36.9 Å². The van der Waals surface area contributed by atoms with Gasteiger partial charge in [0.2, 0.25) is 5.91 Å². The number of carbonyl (C=O) groups is 2. The van der Waals surface area contributed by atoms with Gasteiger partial charge >= 0.3 is 0 Å². The van der Waals surface area contributed by atoms with Crippen molar-refractivity contribution in [1.29, 1.82) is 0 Å². The van der Waals surface area contributed by atoms with Gasteiger partial charge < -0.3 is 10.2 Å². The normalized spacial score (nSPS) is 18.0. The van der Waals surface area contributed by atoms with Gasteiger partial charge in [-0.3, -0.25) is 19.6 Å². The van der Waals surface area contributed by atoms with Gasteiger partial charge in [0.05, 0.1) is 11.0 Å². The summed E-state index contributed by atoms with van der Waals surface area (Å²) in [7, 11) is 0. The Hall–Kier alpha value is -3.54. The van der Waals surface area contributed by atoms with Crippen LogP contribution in [0.3, 0.4) is 0 Å². The molecule has 6 nitrogen and oxygen atoms in total. The number of benzene rings is 1. The van der Waals surface area contributed by atoms with Gasteiger partial charge in [0.1, 0.15) is 0 Å². The number of piperidine rings is 1. The molecule has 0 unspecified atom stereocenters. The third kappa shape index (κ3) is 5.28. The predicted molar refractivity (Wildman–Crippen MR) is 128 cm³/mol. The fourth-order valence-corrected chi connectivity index (χ4v) is 4.56. The number of nitrogens with one attached hydrogen (secondary N) is 1. The lowest BCUT2D eigenvalue weighted by Gasteiger charge is -2.42. The Morgan fingerprint density at radius 3 is 2.45 bits per heavy atom. The minimum Gasteiger partial charge on any atom is -0.356 e. The molecule has 2 aromatic heterocycles. The van der Waals surface area contributed by atoms with Gasteiger partial charge in [0.25, 0.3) is 5.91 Å². The van der Waals surface area contributed by atoms with Crippen LogP contribution in [0, 0.1) is 5.41 Å². The van der Waals surface area contributed by atoms with Crippen LogP contribution in [0.15, 0.2) is 73.3 Å². The Morgan fingerprint density at radius 2 is 1.76 bits per heavy atom. The van der Waals surface area contributed by atoms with E-state index in [1.165, 1.54) is 0 Å². The number of likely N-dealkylation sites (tertiary alicyclic amines) is 1. The van der Waals surface area contributed by atoms with Crippen molar-refractivity contribution in [2.24, 2.45) is 5.41 Å². The number of carbonyl (C=O) groups excluding carboxylic acids is 2. The molecule has 0 bridgehead atoms. The maximum absolute atomic E-state index is 13.4. The molecule has 0 radical (unpaired) electrons. The number of aromatic nitrogens is 2. The molecule has 1 aromatic carbocycles. The van der Waals surface area contributed by atoms with E-state index in [4.69, 9.17) is 0 Å². The second kappa shape index (κ2) is 10.4. The van der Waals surface area contributed by atoms with Crippen molar-refractivity contribution >= 4 is 11.8 Å². The van der Waals surface area contributed by atoms with E-state index >= 15 is 0 Å². The molecule has 3 heterocycles. The summed E-state index contributed by atoms with van der Waals surface area (Å²) in [5, 5.41) is 3.10. The molecule has 3 aromatic rings. The van der Waals surface area contributed by atoms with E-state index in [9.17, 15) is 9.59 Å². The maximum atomic E-state index is 13.4. The quantitative estimate of drug-likeness (QED) is 0.597. The van der Waals surface area contributed by atoms with E-state index in [0.717, 1.165) is 36.0 Å². The molecule has 4 rings (SSSR count). The van der Waals surface area contributed by atoms with E-state index in [0.29, 0.717) is 31.6 Å². The molecule has 1 aliphatic rings. The molecule has 33 heavy (non-hydrogen) atoms. The summed E-state index contributed by atoms with van der Waals surface area (Å²) >= 11 is 0. The van der Waals surface area contributed by atoms with Crippen LogP contribution in [0.1, 0.15) is 42.1 Å². The minimum atomic E-state index is -0.649. The zero-order valence-electron chi connectivity index (χ0n) is 19.0. The first-order chi connectivity index (χ1) is 16.1. The smallest absolute Gasteiger partial charge is 0.255 e. The number of pyridine rings is 2. The number of hydrogen-bond acceptors (Lipinski definition) is 4. The van der Waals surface area contributed by atoms with Crippen molar-refractivity contribution in [2.45, 2.75) is 32.6 Å². The molecule has 0 saturated carbocycles. The lowest BCUT2D eigenvalue weighted by atomic mass is 9.74. The molecular formula is C27H30N4O2. The summed E-state index contributed by atoms with van der Waals surface area (Å²) in [5.74, 6) is -0.0326. The van der Waals surface area contributed by atoms with Gasteiger partial charge in [-0.25, -0.2) is 0 Å². The fourth-order valence-electron chi connectivity index (χ4n) is 4.56. The van der Waals surface area contributed by atoms with E-state index in [2.05, 4.69) is 39.6 Å². The highest BCUT2D eigenvalue weighted by Gasteiger charge is 2.43. The van der Waals surface area contributed by atoms with Gasteiger partial charge in [-0.1, -0.05) is 31.2 Å². The summed E-state index contributed by atoms with van der Waals surface area (Å²) in [4.78, 5) is 36.5. The third-order valence-electron chi connectivity index (χ3n) is 6.30.